The molecule has 0 aliphatic heterocycles. The molecule has 0 saturated carbocycles. The molecule has 0 radical (unpaired) electrons. The normalized spacial score (nSPS) is 9.43. The van der Waals surface area contributed by atoms with E-state index in [1.165, 1.54) is 0 Å². The van der Waals surface area contributed by atoms with Crippen molar-refractivity contribution in [1.82, 2.24) is 0 Å². The lowest BCUT2D eigenvalue weighted by Crippen LogP contribution is -2.27. The molecule has 0 fully saturated rings. The molecule has 0 saturated heterocycles. The van der Waals surface area contributed by atoms with Crippen LogP contribution < -0.4 is 5.90 Å². The Morgan fingerprint density at radius 3 is 1.00 bits per heavy atom. The third kappa shape index (κ3) is 6150. The lowest BCUT2D eigenvalue weighted by molar-refractivity contribution is -0.849. The van der Waals surface area contributed by atoms with Crippen LogP contribution in [0.3, 0.4) is 0 Å². The predicted octanol–water partition coefficient (Wildman–Crippen LogP) is -0.343. The Labute approximate surface area is 44.9 Å². The molecule has 3 N–H and O–H groups in total. The second kappa shape index (κ2) is 4.05. The van der Waals surface area contributed by atoms with Crippen LogP contribution in [0.4, 0.5) is 0 Å². The highest BCUT2D eigenvalue weighted by Crippen LogP contribution is 1.73. The first kappa shape index (κ1) is 9.99. The molecule has 0 atom stereocenters. The summed E-state index contributed by atoms with van der Waals surface area (Å²) < 4.78 is 1.00. The van der Waals surface area contributed by atoms with Crippen molar-refractivity contribution in [3.8, 4) is 0 Å². The van der Waals surface area contributed by atoms with Crippen LogP contribution in [0.1, 0.15) is 0 Å². The van der Waals surface area contributed by atoms with Crippen LogP contribution in [-0.2, 0) is 0 Å². The van der Waals surface area contributed by atoms with Gasteiger partial charge in [0.25, 0.3) is 0 Å². The van der Waals surface area contributed by atoms with Gasteiger partial charge in [0.15, 0.2) is 0 Å². The van der Waals surface area contributed by atoms with Crippen LogP contribution in [0.25, 0.3) is 0 Å². The van der Waals surface area contributed by atoms with E-state index in [-0.39, 0.29) is 0 Å². The van der Waals surface area contributed by atoms with Gasteiger partial charge in [0.2, 0.25) is 0 Å². The number of nitrogens with zero attached hydrogens (tertiary/aromatic N) is 1. The van der Waals surface area contributed by atoms with E-state index in [0.717, 1.165) is 4.48 Å². The smallest absolute Gasteiger partial charge is 0.0675 e. The number of hydrogen-bond acceptors (Lipinski definition) is 2. The fraction of sp³-hybridized carbons (Fsp3) is 1.00. The molecule has 0 aromatic heterocycles. The number of nitrogens with two attached hydrogens (primary N) is 1. The second-order valence-corrected chi connectivity index (χ2v) is 2.68. The maximum absolute atomic E-state index is 6.50. The van der Waals surface area contributed by atoms with Crippen molar-refractivity contribution >= 4 is 0 Å². The van der Waals surface area contributed by atoms with Gasteiger partial charge in [-0.25, -0.2) is 5.90 Å². The number of hydrogen-bond donors (Lipinski definition) is 2. The molecule has 3 heteroatoms. The first-order valence-electron chi connectivity index (χ1n) is 2.05. The summed E-state index contributed by atoms with van der Waals surface area (Å²) in [7, 11) is 8.50. The Bertz CT molecular complexity index is 25.2. The average Bonchev–Trinajstić information content (AvgIpc) is 1.36. The van der Waals surface area contributed by atoms with Gasteiger partial charge in [0, 0.05) is 0 Å². The number of quaternary nitrogens is 1. The average molecular weight is 107 g/mol. The Morgan fingerprint density at radius 1 is 1.00 bits per heavy atom. The van der Waals surface area contributed by atoms with E-state index in [2.05, 4.69) is 34.1 Å². The Hall–Kier alpha value is -0.120. The van der Waals surface area contributed by atoms with Crippen molar-refractivity contribution < 1.29 is 9.69 Å². The van der Waals surface area contributed by atoms with Crippen LogP contribution in [0.15, 0.2) is 0 Å². The van der Waals surface area contributed by atoms with Crippen molar-refractivity contribution in [2.75, 3.05) is 28.2 Å². The molecular formula is C4H15N2O+. The largest absolute Gasteiger partial charge is 0.333 e. The molecule has 0 rings (SSSR count). The molecular weight excluding hydrogens is 92.1 g/mol. The van der Waals surface area contributed by atoms with E-state index in [9.17, 15) is 0 Å². The van der Waals surface area contributed by atoms with E-state index in [4.69, 9.17) is 5.21 Å². The van der Waals surface area contributed by atoms with Crippen molar-refractivity contribution in [3.05, 3.63) is 0 Å². The highest BCUT2D eigenvalue weighted by molar-refractivity contribution is 3.87. The van der Waals surface area contributed by atoms with Gasteiger partial charge in [-0.15, -0.1) is 0 Å². The first-order valence-corrected chi connectivity index (χ1v) is 2.05. The van der Waals surface area contributed by atoms with Gasteiger partial charge in [-0.1, -0.05) is 0 Å². The zero-order valence-electron chi connectivity index (χ0n) is 5.47. The van der Waals surface area contributed by atoms with Gasteiger partial charge in [-0.2, -0.15) is 0 Å². The van der Waals surface area contributed by atoms with E-state index in [1.807, 2.05) is 0 Å². The topological polar surface area (TPSA) is 46.2 Å². The molecule has 0 aromatic carbocycles. The maximum Gasteiger partial charge on any atom is 0.0675 e. The quantitative estimate of drug-likeness (QED) is 0.328. The van der Waals surface area contributed by atoms with Crippen LogP contribution in [0.2, 0.25) is 0 Å². The van der Waals surface area contributed by atoms with Gasteiger partial charge < -0.3 is 9.69 Å². The first-order chi connectivity index (χ1) is 3.00. The number of rotatable bonds is 0. The fourth-order valence-corrected chi connectivity index (χ4v) is 0. The summed E-state index contributed by atoms with van der Waals surface area (Å²) in [5, 5.41) is 6.50. The third-order valence-corrected chi connectivity index (χ3v) is 0. The van der Waals surface area contributed by atoms with Crippen LogP contribution in [0, 0.1) is 0 Å². The summed E-state index contributed by atoms with van der Waals surface area (Å²) in [5.41, 5.74) is 0. The summed E-state index contributed by atoms with van der Waals surface area (Å²) in [4.78, 5) is 0. The second-order valence-electron chi connectivity index (χ2n) is 2.68. The SMILES string of the molecule is C[N+](C)(C)C.NO. The molecule has 0 unspecified atom stereocenters. The summed E-state index contributed by atoms with van der Waals surface area (Å²) >= 11 is 0. The summed E-state index contributed by atoms with van der Waals surface area (Å²) in [5.74, 6) is 3.50. The van der Waals surface area contributed by atoms with Gasteiger partial charge in [0.1, 0.15) is 0 Å². The van der Waals surface area contributed by atoms with Crippen molar-refractivity contribution in [3.63, 3.8) is 0 Å². The Morgan fingerprint density at radius 2 is 1.00 bits per heavy atom. The molecule has 0 amide bonds. The molecule has 0 spiro atoms. The molecule has 0 aliphatic carbocycles. The molecule has 3 nitrogen and oxygen atoms in total. The maximum atomic E-state index is 6.50. The highest BCUT2D eigenvalue weighted by atomic mass is 16.4. The molecule has 0 aromatic rings. The van der Waals surface area contributed by atoms with Crippen LogP contribution in [-0.4, -0.2) is 37.9 Å². The van der Waals surface area contributed by atoms with E-state index < -0.39 is 0 Å². The zero-order chi connectivity index (χ0) is 6.50. The van der Waals surface area contributed by atoms with E-state index in [1.54, 1.807) is 0 Å². The minimum Gasteiger partial charge on any atom is -0.333 e. The Balaban J connectivity index is 0. The minimum absolute atomic E-state index is 1.00. The lowest BCUT2D eigenvalue weighted by Gasteiger charge is -2.14. The van der Waals surface area contributed by atoms with Gasteiger partial charge in [-0.3, -0.25) is 0 Å². The third-order valence-electron chi connectivity index (χ3n) is 0. The summed E-state index contributed by atoms with van der Waals surface area (Å²) in [6.07, 6.45) is 0. The van der Waals surface area contributed by atoms with Gasteiger partial charge in [-0.05, 0) is 0 Å². The molecule has 46 valence electrons. The Kier molecular flexibility index (Phi) is 5.78. The van der Waals surface area contributed by atoms with Crippen LogP contribution in [0.5, 0.6) is 0 Å². The van der Waals surface area contributed by atoms with Crippen molar-refractivity contribution in [2.24, 2.45) is 5.90 Å². The van der Waals surface area contributed by atoms with Crippen molar-refractivity contribution in [2.45, 2.75) is 0 Å². The predicted molar refractivity (Wildman–Crippen MR) is 29.9 cm³/mol. The standard InChI is InChI=1S/C4H12N.H3NO/c1-5(2,3)4;1-2/h1-4H3;2H,1H2/q+1;. The van der Waals surface area contributed by atoms with Crippen LogP contribution >= 0.6 is 0 Å². The zero-order valence-corrected chi connectivity index (χ0v) is 5.47. The summed E-state index contributed by atoms with van der Waals surface area (Å²) in [6, 6.07) is 0. The van der Waals surface area contributed by atoms with Crippen molar-refractivity contribution in [1.29, 1.82) is 0 Å². The van der Waals surface area contributed by atoms with E-state index in [0.29, 0.717) is 0 Å². The van der Waals surface area contributed by atoms with Gasteiger partial charge >= 0.3 is 0 Å². The van der Waals surface area contributed by atoms with Gasteiger partial charge in [0.05, 0.1) is 28.2 Å². The summed E-state index contributed by atoms with van der Waals surface area (Å²) in [6.45, 7) is 0. The fourth-order valence-electron chi connectivity index (χ4n) is 0. The molecule has 0 aliphatic rings. The molecule has 0 bridgehead atoms. The molecule has 7 heavy (non-hydrogen) atoms. The minimum atomic E-state index is 1.00. The van der Waals surface area contributed by atoms with E-state index >= 15 is 0 Å². The lowest BCUT2D eigenvalue weighted by atomic mass is 10.8. The monoisotopic (exact) mass is 107 g/mol. The highest BCUT2D eigenvalue weighted by Gasteiger charge is 1.88. The molecule has 0 heterocycles.